The molecule has 0 unspecified atom stereocenters. The summed E-state index contributed by atoms with van der Waals surface area (Å²) in [6.45, 7) is 2.20. The molecule has 0 spiro atoms. The summed E-state index contributed by atoms with van der Waals surface area (Å²) in [5, 5.41) is 7.94. The minimum Gasteiger partial charge on any atom is -0.383 e. The number of hydrogen-bond donors (Lipinski definition) is 1. The predicted octanol–water partition coefficient (Wildman–Crippen LogP) is 3.24. The van der Waals surface area contributed by atoms with Crippen LogP contribution in [0.4, 0.5) is 10.2 Å². The molecule has 2 N–H and O–H groups in total. The van der Waals surface area contributed by atoms with Crippen molar-refractivity contribution < 1.29 is 9.18 Å². The first-order chi connectivity index (χ1) is 11.5. The monoisotopic (exact) mass is 344 g/mol. The van der Waals surface area contributed by atoms with Crippen LogP contribution < -0.4 is 5.73 Å². The number of hydrogen-bond acceptors (Lipinski definition) is 4. The molecule has 0 amide bonds. The van der Waals surface area contributed by atoms with E-state index in [1.165, 1.54) is 35.1 Å². The summed E-state index contributed by atoms with van der Waals surface area (Å²) in [7, 11) is 0. The van der Waals surface area contributed by atoms with Crippen molar-refractivity contribution in [3.8, 4) is 0 Å². The second-order valence-corrected chi connectivity index (χ2v) is 5.83. The minimum atomic E-state index is -0.393. The number of benzene rings is 2. The lowest BCUT2D eigenvalue weighted by atomic mass is 9.97. The Morgan fingerprint density at radius 3 is 2.58 bits per heavy atom. The van der Waals surface area contributed by atoms with E-state index in [0.29, 0.717) is 28.5 Å². The summed E-state index contributed by atoms with van der Waals surface area (Å²) < 4.78 is 14.6. The Morgan fingerprint density at radius 2 is 2.00 bits per heavy atom. The summed E-state index contributed by atoms with van der Waals surface area (Å²) in [6, 6.07) is 8.93. The normalized spacial score (nSPS) is 10.8. The molecular weight excluding hydrogens is 331 g/mol. The smallest absolute Gasteiger partial charge is 0.194 e. The molecule has 0 radical (unpaired) electrons. The van der Waals surface area contributed by atoms with Gasteiger partial charge in [0.15, 0.2) is 5.78 Å². The van der Waals surface area contributed by atoms with Crippen LogP contribution in [0, 0.1) is 12.7 Å². The Labute approximate surface area is 142 Å². The molecule has 5 nitrogen and oxygen atoms in total. The number of anilines is 1. The van der Waals surface area contributed by atoms with Gasteiger partial charge >= 0.3 is 0 Å². The highest BCUT2D eigenvalue weighted by molar-refractivity contribution is 6.35. The van der Waals surface area contributed by atoms with Crippen molar-refractivity contribution in [1.82, 2.24) is 15.0 Å². The Morgan fingerprint density at radius 1 is 1.29 bits per heavy atom. The van der Waals surface area contributed by atoms with Crippen LogP contribution in [0.25, 0.3) is 0 Å². The van der Waals surface area contributed by atoms with Crippen LogP contribution in [-0.4, -0.2) is 20.8 Å². The molecule has 0 aliphatic heterocycles. The largest absolute Gasteiger partial charge is 0.383 e. The lowest BCUT2D eigenvalue weighted by molar-refractivity contribution is 0.103. The van der Waals surface area contributed by atoms with Crippen LogP contribution in [0.1, 0.15) is 27.0 Å². The average Bonchev–Trinajstić information content (AvgIpc) is 2.92. The van der Waals surface area contributed by atoms with E-state index in [4.69, 9.17) is 17.3 Å². The van der Waals surface area contributed by atoms with E-state index in [-0.39, 0.29) is 5.78 Å². The molecule has 0 bridgehead atoms. The van der Waals surface area contributed by atoms with Crippen LogP contribution in [0.5, 0.6) is 0 Å². The van der Waals surface area contributed by atoms with E-state index in [1.807, 2.05) is 6.07 Å². The topological polar surface area (TPSA) is 73.8 Å². The molecule has 3 rings (SSSR count). The molecule has 7 heteroatoms. The fourth-order valence-corrected chi connectivity index (χ4v) is 2.88. The van der Waals surface area contributed by atoms with Gasteiger partial charge in [-0.05, 0) is 48.4 Å². The van der Waals surface area contributed by atoms with Crippen LogP contribution in [0.2, 0.25) is 5.02 Å². The first kappa shape index (κ1) is 16.1. The van der Waals surface area contributed by atoms with Crippen molar-refractivity contribution in [3.05, 3.63) is 75.7 Å². The number of nitrogens with zero attached hydrogens (tertiary/aromatic N) is 3. The number of aromatic nitrogens is 3. The van der Waals surface area contributed by atoms with E-state index in [2.05, 4.69) is 10.3 Å². The molecule has 0 aliphatic rings. The summed E-state index contributed by atoms with van der Waals surface area (Å²) in [4.78, 5) is 12.6. The first-order valence-corrected chi connectivity index (χ1v) is 7.57. The van der Waals surface area contributed by atoms with Gasteiger partial charge in [-0.15, -0.1) is 5.10 Å². The van der Waals surface area contributed by atoms with Gasteiger partial charge in [0.05, 0.1) is 17.8 Å². The van der Waals surface area contributed by atoms with Gasteiger partial charge in [-0.3, -0.25) is 4.79 Å². The molecule has 0 aliphatic carbocycles. The van der Waals surface area contributed by atoms with E-state index in [9.17, 15) is 9.18 Å². The zero-order chi connectivity index (χ0) is 17.3. The number of nitrogens with two attached hydrogens (primary N) is 1. The maximum Gasteiger partial charge on any atom is 0.194 e. The fraction of sp³-hybridized carbons (Fsp3) is 0.118. The number of carbonyl (C=O) groups is 1. The Hall–Kier alpha value is -2.73. The van der Waals surface area contributed by atoms with Gasteiger partial charge < -0.3 is 5.73 Å². The zero-order valence-corrected chi connectivity index (χ0v) is 13.6. The molecule has 1 aromatic heterocycles. The van der Waals surface area contributed by atoms with E-state index in [0.717, 1.165) is 11.1 Å². The van der Waals surface area contributed by atoms with Crippen molar-refractivity contribution in [1.29, 1.82) is 0 Å². The van der Waals surface area contributed by atoms with Gasteiger partial charge in [0.2, 0.25) is 0 Å². The summed E-state index contributed by atoms with van der Waals surface area (Å²) >= 11 is 6.32. The molecular formula is C17H14ClFN4O. The molecule has 1 heterocycles. The van der Waals surface area contributed by atoms with Gasteiger partial charge in [0.1, 0.15) is 11.6 Å². The summed E-state index contributed by atoms with van der Waals surface area (Å²) in [5.41, 5.74) is 8.12. The number of carbonyl (C=O) groups excluding carboxylic acids is 1. The fourth-order valence-electron chi connectivity index (χ4n) is 2.50. The highest BCUT2D eigenvalue weighted by Gasteiger charge is 2.17. The maximum absolute atomic E-state index is 13.0. The Balaban J connectivity index is 1.94. The number of rotatable bonds is 4. The maximum atomic E-state index is 13.0. The zero-order valence-electron chi connectivity index (χ0n) is 12.8. The molecule has 0 atom stereocenters. The van der Waals surface area contributed by atoms with Gasteiger partial charge in [0, 0.05) is 11.1 Å². The minimum absolute atomic E-state index is 0.246. The SMILES string of the molecule is Cc1cc(Cn2nncc2N)cc(Cl)c1C(=O)c1ccc(F)cc1. The molecule has 24 heavy (non-hydrogen) atoms. The number of nitrogen functional groups attached to an aromatic ring is 1. The summed E-state index contributed by atoms with van der Waals surface area (Å²) in [6.07, 6.45) is 1.46. The van der Waals surface area contributed by atoms with Crippen LogP contribution in [0.3, 0.4) is 0 Å². The molecule has 0 fully saturated rings. The van der Waals surface area contributed by atoms with Crippen molar-refractivity contribution in [2.45, 2.75) is 13.5 Å². The second-order valence-electron chi connectivity index (χ2n) is 5.42. The number of aryl methyl sites for hydroxylation is 1. The summed E-state index contributed by atoms with van der Waals surface area (Å²) in [5.74, 6) is -0.199. The van der Waals surface area contributed by atoms with Crippen LogP contribution in [-0.2, 0) is 6.54 Å². The standard InChI is InChI=1S/C17H14ClFN4O/c1-10-6-11(9-23-15(20)8-21-22-23)7-14(18)16(10)17(24)12-2-4-13(19)5-3-12/h2-8H,9,20H2,1H3. The first-order valence-electron chi connectivity index (χ1n) is 7.19. The van der Waals surface area contributed by atoms with E-state index >= 15 is 0 Å². The third-order valence-electron chi connectivity index (χ3n) is 3.66. The molecule has 2 aromatic carbocycles. The van der Waals surface area contributed by atoms with Crippen molar-refractivity contribution in [2.75, 3.05) is 5.73 Å². The van der Waals surface area contributed by atoms with Gasteiger partial charge in [-0.2, -0.15) is 0 Å². The quantitative estimate of drug-likeness (QED) is 0.737. The molecule has 0 saturated carbocycles. The lowest BCUT2D eigenvalue weighted by Crippen LogP contribution is -2.09. The van der Waals surface area contributed by atoms with Crippen molar-refractivity contribution in [3.63, 3.8) is 0 Å². The van der Waals surface area contributed by atoms with Crippen LogP contribution >= 0.6 is 11.6 Å². The average molecular weight is 345 g/mol. The Kier molecular flexibility index (Phi) is 4.31. The van der Waals surface area contributed by atoms with Crippen molar-refractivity contribution in [2.24, 2.45) is 0 Å². The highest BCUT2D eigenvalue weighted by Crippen LogP contribution is 2.26. The number of halogens is 2. The second kappa shape index (κ2) is 6.41. The predicted molar refractivity (Wildman–Crippen MR) is 89.6 cm³/mol. The highest BCUT2D eigenvalue weighted by atomic mass is 35.5. The van der Waals surface area contributed by atoms with Crippen LogP contribution in [0.15, 0.2) is 42.6 Å². The van der Waals surface area contributed by atoms with E-state index < -0.39 is 5.82 Å². The molecule has 0 saturated heterocycles. The van der Waals surface area contributed by atoms with Gasteiger partial charge in [0.25, 0.3) is 0 Å². The Bertz CT molecular complexity index is 882. The lowest BCUT2D eigenvalue weighted by Gasteiger charge is -2.11. The van der Waals surface area contributed by atoms with Gasteiger partial charge in [-0.1, -0.05) is 22.9 Å². The molecule has 3 aromatic rings. The third kappa shape index (κ3) is 3.14. The van der Waals surface area contributed by atoms with Crippen molar-refractivity contribution >= 4 is 23.2 Å². The molecule has 122 valence electrons. The van der Waals surface area contributed by atoms with E-state index in [1.54, 1.807) is 13.0 Å². The van der Waals surface area contributed by atoms with Gasteiger partial charge in [-0.25, -0.2) is 9.07 Å². The third-order valence-corrected chi connectivity index (χ3v) is 3.96. The number of ketones is 1.